The Morgan fingerprint density at radius 1 is 1.07 bits per heavy atom. The van der Waals surface area contributed by atoms with Crippen molar-refractivity contribution in [3.63, 3.8) is 0 Å². The molecule has 1 saturated heterocycles. The van der Waals surface area contributed by atoms with Gasteiger partial charge in [-0.2, -0.15) is 0 Å². The molecule has 2 N–H and O–H groups in total. The molecule has 0 unspecified atom stereocenters. The molecule has 0 bridgehead atoms. The molecule has 6 nitrogen and oxygen atoms in total. The van der Waals surface area contributed by atoms with Crippen molar-refractivity contribution in [2.75, 3.05) is 18.4 Å². The van der Waals surface area contributed by atoms with Crippen LogP contribution < -0.4 is 10.6 Å². The molecule has 1 heterocycles. The normalized spacial score (nSPS) is 16.5. The van der Waals surface area contributed by atoms with Crippen LogP contribution in [0.4, 0.5) is 18.9 Å². The molecule has 2 aromatic rings. The second kappa shape index (κ2) is 8.12. The second-order valence-corrected chi connectivity index (χ2v) is 6.19. The third-order valence-electron chi connectivity index (χ3n) is 4.26. The molecule has 3 rings (SSSR count). The first-order chi connectivity index (χ1) is 13.3. The Bertz CT molecular complexity index is 918. The maximum absolute atomic E-state index is 14.0. The summed E-state index contributed by atoms with van der Waals surface area (Å²) in [6, 6.07) is 6.38. The van der Waals surface area contributed by atoms with Gasteiger partial charge in [0.15, 0.2) is 0 Å². The predicted octanol–water partition coefficient (Wildman–Crippen LogP) is 2.07. The minimum absolute atomic E-state index is 0.0654. The molecule has 0 saturated carbocycles. The molecule has 3 amide bonds. The van der Waals surface area contributed by atoms with E-state index >= 15 is 0 Å². The molecule has 28 heavy (non-hydrogen) atoms. The fraction of sp³-hybridized carbons (Fsp3) is 0.211. The SMILES string of the molecule is O=C(C[C@@H]1C(=O)NCCN1C(=O)c1ccc(F)cc1F)Nc1ccc(F)cc1. The van der Waals surface area contributed by atoms with E-state index in [0.29, 0.717) is 11.8 Å². The van der Waals surface area contributed by atoms with E-state index in [1.165, 1.54) is 12.1 Å². The molecule has 0 aromatic heterocycles. The summed E-state index contributed by atoms with van der Waals surface area (Å²) in [6.45, 7) is 0.208. The summed E-state index contributed by atoms with van der Waals surface area (Å²) in [7, 11) is 0. The molecule has 2 aromatic carbocycles. The van der Waals surface area contributed by atoms with E-state index in [2.05, 4.69) is 10.6 Å². The van der Waals surface area contributed by atoms with Crippen LogP contribution in [0.3, 0.4) is 0 Å². The molecule has 1 aliphatic rings. The van der Waals surface area contributed by atoms with Gasteiger partial charge >= 0.3 is 0 Å². The van der Waals surface area contributed by atoms with Crippen LogP contribution in [0.2, 0.25) is 0 Å². The van der Waals surface area contributed by atoms with Gasteiger partial charge in [0, 0.05) is 24.8 Å². The number of nitrogens with one attached hydrogen (secondary N) is 2. The van der Waals surface area contributed by atoms with Gasteiger partial charge in [0.2, 0.25) is 11.8 Å². The van der Waals surface area contributed by atoms with E-state index < -0.39 is 41.2 Å². The van der Waals surface area contributed by atoms with Crippen molar-refractivity contribution in [2.24, 2.45) is 0 Å². The lowest BCUT2D eigenvalue weighted by Crippen LogP contribution is -2.58. The van der Waals surface area contributed by atoms with Crippen molar-refractivity contribution in [2.45, 2.75) is 12.5 Å². The van der Waals surface area contributed by atoms with Crippen LogP contribution in [0.25, 0.3) is 0 Å². The first-order valence-electron chi connectivity index (χ1n) is 8.44. The molecule has 1 aliphatic heterocycles. The van der Waals surface area contributed by atoms with Crippen LogP contribution in [-0.4, -0.2) is 41.8 Å². The Hall–Kier alpha value is -3.36. The molecule has 1 fully saturated rings. The smallest absolute Gasteiger partial charge is 0.257 e. The monoisotopic (exact) mass is 391 g/mol. The van der Waals surface area contributed by atoms with Crippen molar-refractivity contribution < 1.29 is 27.6 Å². The van der Waals surface area contributed by atoms with E-state index in [4.69, 9.17) is 0 Å². The topological polar surface area (TPSA) is 78.5 Å². The van der Waals surface area contributed by atoms with Crippen molar-refractivity contribution >= 4 is 23.4 Å². The van der Waals surface area contributed by atoms with E-state index in [1.54, 1.807) is 0 Å². The van der Waals surface area contributed by atoms with E-state index in [9.17, 15) is 27.6 Å². The van der Waals surface area contributed by atoms with Gasteiger partial charge < -0.3 is 15.5 Å². The molecule has 0 radical (unpaired) electrons. The number of hydrogen-bond donors (Lipinski definition) is 2. The lowest BCUT2D eigenvalue weighted by molar-refractivity contribution is -0.131. The van der Waals surface area contributed by atoms with Gasteiger partial charge in [0.05, 0.1) is 12.0 Å². The summed E-state index contributed by atoms with van der Waals surface area (Å²) < 4.78 is 40.0. The zero-order valence-electron chi connectivity index (χ0n) is 14.5. The summed E-state index contributed by atoms with van der Waals surface area (Å²) in [4.78, 5) is 38.3. The molecular weight excluding hydrogens is 375 g/mol. The van der Waals surface area contributed by atoms with E-state index in [0.717, 1.165) is 29.2 Å². The van der Waals surface area contributed by atoms with Crippen molar-refractivity contribution in [3.8, 4) is 0 Å². The van der Waals surface area contributed by atoms with Crippen molar-refractivity contribution in [1.82, 2.24) is 10.2 Å². The number of amides is 3. The third kappa shape index (κ3) is 4.30. The largest absolute Gasteiger partial charge is 0.353 e. The number of nitrogens with zero attached hydrogens (tertiary/aromatic N) is 1. The number of carbonyl (C=O) groups is 3. The van der Waals surface area contributed by atoms with Crippen LogP contribution in [0.15, 0.2) is 42.5 Å². The fourth-order valence-electron chi connectivity index (χ4n) is 2.90. The maximum atomic E-state index is 14.0. The van der Waals surface area contributed by atoms with Gasteiger partial charge in [-0.25, -0.2) is 13.2 Å². The van der Waals surface area contributed by atoms with Crippen LogP contribution in [0.5, 0.6) is 0 Å². The lowest BCUT2D eigenvalue weighted by atomic mass is 10.1. The van der Waals surface area contributed by atoms with Gasteiger partial charge in [-0.15, -0.1) is 0 Å². The van der Waals surface area contributed by atoms with Gasteiger partial charge in [0.25, 0.3) is 5.91 Å². The zero-order valence-corrected chi connectivity index (χ0v) is 14.5. The maximum Gasteiger partial charge on any atom is 0.257 e. The number of halogens is 3. The van der Waals surface area contributed by atoms with Crippen LogP contribution in [-0.2, 0) is 9.59 Å². The van der Waals surface area contributed by atoms with Crippen molar-refractivity contribution in [3.05, 3.63) is 65.5 Å². The Balaban J connectivity index is 1.76. The number of benzene rings is 2. The lowest BCUT2D eigenvalue weighted by Gasteiger charge is -2.34. The highest BCUT2D eigenvalue weighted by atomic mass is 19.1. The molecule has 1 atom stereocenters. The minimum atomic E-state index is -1.16. The summed E-state index contributed by atoms with van der Waals surface area (Å²) in [5.74, 6) is -4.30. The Kier molecular flexibility index (Phi) is 5.62. The third-order valence-corrected chi connectivity index (χ3v) is 4.26. The highest BCUT2D eigenvalue weighted by Gasteiger charge is 2.36. The minimum Gasteiger partial charge on any atom is -0.353 e. The Morgan fingerprint density at radius 3 is 2.43 bits per heavy atom. The first-order valence-corrected chi connectivity index (χ1v) is 8.44. The van der Waals surface area contributed by atoms with Gasteiger partial charge in [-0.1, -0.05) is 0 Å². The fourth-order valence-corrected chi connectivity index (χ4v) is 2.90. The summed E-state index contributed by atoms with van der Waals surface area (Å²) in [5, 5.41) is 5.06. The summed E-state index contributed by atoms with van der Waals surface area (Å²) >= 11 is 0. The zero-order chi connectivity index (χ0) is 20.3. The first kappa shape index (κ1) is 19.4. The predicted molar refractivity (Wildman–Crippen MR) is 93.8 cm³/mol. The average molecular weight is 391 g/mol. The Morgan fingerprint density at radius 2 is 1.75 bits per heavy atom. The molecule has 146 valence electrons. The number of hydrogen-bond acceptors (Lipinski definition) is 3. The quantitative estimate of drug-likeness (QED) is 0.838. The summed E-state index contributed by atoms with van der Waals surface area (Å²) in [5.41, 5.74) is -0.0647. The van der Waals surface area contributed by atoms with Crippen LogP contribution >= 0.6 is 0 Å². The second-order valence-electron chi connectivity index (χ2n) is 6.19. The van der Waals surface area contributed by atoms with E-state index in [1.807, 2.05) is 0 Å². The number of rotatable bonds is 4. The Labute approximate surface area is 158 Å². The van der Waals surface area contributed by atoms with Gasteiger partial charge in [-0.05, 0) is 36.4 Å². The number of anilines is 1. The van der Waals surface area contributed by atoms with Gasteiger partial charge in [0.1, 0.15) is 23.5 Å². The molecule has 0 aliphatic carbocycles. The van der Waals surface area contributed by atoms with Crippen LogP contribution in [0, 0.1) is 17.5 Å². The highest BCUT2D eigenvalue weighted by molar-refractivity contribution is 6.01. The van der Waals surface area contributed by atoms with Gasteiger partial charge in [-0.3, -0.25) is 14.4 Å². The molecule has 9 heteroatoms. The molecular formula is C19H16F3N3O3. The molecule has 0 spiro atoms. The standard InChI is InChI=1S/C19H16F3N3O3/c20-11-1-4-13(5-2-11)24-17(26)10-16-18(27)23-7-8-25(16)19(28)14-6-3-12(21)9-15(14)22/h1-6,9,16H,7-8,10H2,(H,23,27)(H,24,26)/t16-/m1/s1. The number of carbonyl (C=O) groups excluding carboxylic acids is 3. The summed E-state index contributed by atoms with van der Waals surface area (Å²) in [6.07, 6.45) is -0.377. The number of piperazine rings is 1. The van der Waals surface area contributed by atoms with Crippen LogP contribution in [0.1, 0.15) is 16.8 Å². The van der Waals surface area contributed by atoms with E-state index in [-0.39, 0.29) is 25.1 Å². The highest BCUT2D eigenvalue weighted by Crippen LogP contribution is 2.18. The average Bonchev–Trinajstić information content (AvgIpc) is 2.65. The van der Waals surface area contributed by atoms with Crippen molar-refractivity contribution in [1.29, 1.82) is 0 Å².